The van der Waals surface area contributed by atoms with Crippen LogP contribution in [-0.4, -0.2) is 17.7 Å². The van der Waals surface area contributed by atoms with E-state index in [4.69, 9.17) is 4.74 Å². The normalized spacial score (nSPS) is 17.4. The van der Waals surface area contributed by atoms with Crippen LogP contribution in [0.25, 0.3) is 0 Å². The maximum Gasteiger partial charge on any atom is 0.143 e. The Morgan fingerprint density at radius 3 is 2.09 bits per heavy atom. The number of hydrogen-bond donors (Lipinski definition) is 0. The SMILES string of the molecule is CC(CCCCCCCCCCCCCC(=O)C1CCCCC1=O)OCc1ccccc1. The third-order valence-electron chi connectivity index (χ3n) is 6.85. The van der Waals surface area contributed by atoms with Crippen molar-refractivity contribution in [3.05, 3.63) is 35.9 Å². The Bertz CT molecular complexity index is 625. The Morgan fingerprint density at radius 2 is 1.47 bits per heavy atom. The molecule has 1 aliphatic rings. The summed E-state index contributed by atoms with van der Waals surface area (Å²) in [4.78, 5) is 24.0. The van der Waals surface area contributed by atoms with Gasteiger partial charge in [0.2, 0.25) is 0 Å². The lowest BCUT2D eigenvalue weighted by Crippen LogP contribution is -2.27. The molecule has 1 aromatic rings. The first kappa shape index (κ1) is 26.8. The van der Waals surface area contributed by atoms with Gasteiger partial charge in [-0.3, -0.25) is 9.59 Å². The van der Waals surface area contributed by atoms with E-state index in [1.54, 1.807) is 0 Å². The molecule has 0 aliphatic heterocycles. The number of Topliss-reactive ketones (excluding diaryl/α,β-unsaturated/α-hetero) is 2. The lowest BCUT2D eigenvalue weighted by Gasteiger charge is -2.19. The zero-order chi connectivity index (χ0) is 22.9. The zero-order valence-electron chi connectivity index (χ0n) is 20.5. The molecule has 1 fully saturated rings. The Kier molecular flexibility index (Phi) is 14.3. The van der Waals surface area contributed by atoms with Crippen LogP contribution in [0.2, 0.25) is 0 Å². The lowest BCUT2D eigenvalue weighted by atomic mass is 9.83. The number of benzene rings is 1. The highest BCUT2D eigenvalue weighted by molar-refractivity contribution is 6.02. The van der Waals surface area contributed by atoms with Crippen LogP contribution in [0, 0.1) is 5.92 Å². The largest absolute Gasteiger partial charge is 0.374 e. The van der Waals surface area contributed by atoms with Crippen molar-refractivity contribution >= 4 is 11.6 Å². The summed E-state index contributed by atoms with van der Waals surface area (Å²) in [5.74, 6) is 0.160. The first-order chi connectivity index (χ1) is 15.7. The minimum atomic E-state index is -0.256. The number of carbonyl (C=O) groups excluding carboxylic acids is 2. The summed E-state index contributed by atoms with van der Waals surface area (Å²) in [7, 11) is 0. The van der Waals surface area contributed by atoms with Crippen molar-refractivity contribution in [2.45, 2.75) is 129 Å². The predicted molar refractivity (Wildman–Crippen MR) is 133 cm³/mol. The molecule has 0 aromatic heterocycles. The van der Waals surface area contributed by atoms with Crippen molar-refractivity contribution in [1.82, 2.24) is 0 Å². The molecule has 0 bridgehead atoms. The predicted octanol–water partition coefficient (Wildman–Crippen LogP) is 7.99. The van der Waals surface area contributed by atoms with Crippen LogP contribution in [0.1, 0.15) is 122 Å². The molecular weight excluding hydrogens is 396 g/mol. The summed E-state index contributed by atoms with van der Waals surface area (Å²) >= 11 is 0. The first-order valence-electron chi connectivity index (χ1n) is 13.4. The van der Waals surface area contributed by atoms with Gasteiger partial charge >= 0.3 is 0 Å². The van der Waals surface area contributed by atoms with E-state index in [-0.39, 0.29) is 17.5 Å². The van der Waals surface area contributed by atoms with Gasteiger partial charge in [0.05, 0.1) is 18.6 Å². The van der Waals surface area contributed by atoms with Crippen molar-refractivity contribution in [1.29, 1.82) is 0 Å². The molecule has 3 heteroatoms. The number of unbranched alkanes of at least 4 members (excludes halogenated alkanes) is 10. The van der Waals surface area contributed by atoms with Gasteiger partial charge in [0.15, 0.2) is 0 Å². The van der Waals surface area contributed by atoms with Crippen LogP contribution < -0.4 is 0 Å². The standard InChI is InChI=1S/C29H46O3/c1-25(32-24-26-19-13-11-14-20-26)18-12-9-7-5-3-2-4-6-8-10-15-22-28(30)27-21-16-17-23-29(27)31/h11,13-14,19-20,25,27H,2-10,12,15-18,21-24H2,1H3. The quantitative estimate of drug-likeness (QED) is 0.171. The molecule has 2 atom stereocenters. The molecule has 1 aromatic carbocycles. The molecular formula is C29H46O3. The second kappa shape index (κ2) is 17.1. The van der Waals surface area contributed by atoms with E-state index in [0.29, 0.717) is 18.9 Å². The number of ether oxygens (including phenoxy) is 1. The van der Waals surface area contributed by atoms with Crippen LogP contribution in [0.4, 0.5) is 0 Å². The van der Waals surface area contributed by atoms with Crippen molar-refractivity contribution < 1.29 is 14.3 Å². The molecule has 0 amide bonds. The summed E-state index contributed by atoms with van der Waals surface area (Å²) in [6.45, 7) is 2.91. The Morgan fingerprint density at radius 1 is 0.875 bits per heavy atom. The molecule has 2 rings (SSSR count). The van der Waals surface area contributed by atoms with Crippen LogP contribution >= 0.6 is 0 Å². The van der Waals surface area contributed by atoms with Crippen molar-refractivity contribution in [3.8, 4) is 0 Å². The summed E-state index contributed by atoms with van der Waals surface area (Å²) < 4.78 is 5.94. The van der Waals surface area contributed by atoms with Gasteiger partial charge in [-0.15, -0.1) is 0 Å². The molecule has 1 aliphatic carbocycles. The van der Waals surface area contributed by atoms with E-state index in [9.17, 15) is 9.59 Å². The topological polar surface area (TPSA) is 43.4 Å². The first-order valence-corrected chi connectivity index (χ1v) is 13.4. The van der Waals surface area contributed by atoms with Gasteiger partial charge in [-0.2, -0.15) is 0 Å². The van der Waals surface area contributed by atoms with Crippen LogP contribution in [0.3, 0.4) is 0 Å². The molecule has 0 spiro atoms. The van der Waals surface area contributed by atoms with Crippen molar-refractivity contribution in [3.63, 3.8) is 0 Å². The zero-order valence-corrected chi connectivity index (χ0v) is 20.5. The average molecular weight is 443 g/mol. The van der Waals surface area contributed by atoms with E-state index in [1.165, 1.54) is 63.4 Å². The number of ketones is 2. The molecule has 2 unspecified atom stereocenters. The minimum Gasteiger partial charge on any atom is -0.374 e. The second-order valence-corrected chi connectivity index (χ2v) is 9.77. The molecule has 1 saturated carbocycles. The van der Waals surface area contributed by atoms with Gasteiger partial charge in [-0.25, -0.2) is 0 Å². The van der Waals surface area contributed by atoms with Crippen LogP contribution in [0.5, 0.6) is 0 Å². The molecule has 0 N–H and O–H groups in total. The molecule has 180 valence electrons. The summed E-state index contributed by atoms with van der Waals surface area (Å²) in [5, 5.41) is 0. The monoisotopic (exact) mass is 442 g/mol. The second-order valence-electron chi connectivity index (χ2n) is 9.77. The number of rotatable bonds is 18. The van der Waals surface area contributed by atoms with Crippen molar-refractivity contribution in [2.24, 2.45) is 5.92 Å². The fourth-order valence-corrected chi connectivity index (χ4v) is 4.72. The highest BCUT2D eigenvalue weighted by atomic mass is 16.5. The summed E-state index contributed by atoms with van der Waals surface area (Å²) in [6, 6.07) is 10.4. The van der Waals surface area contributed by atoms with E-state index in [0.717, 1.165) is 45.1 Å². The smallest absolute Gasteiger partial charge is 0.143 e. The molecule has 32 heavy (non-hydrogen) atoms. The Hall–Kier alpha value is -1.48. The van der Waals surface area contributed by atoms with E-state index in [2.05, 4.69) is 31.2 Å². The fourth-order valence-electron chi connectivity index (χ4n) is 4.72. The molecule has 3 nitrogen and oxygen atoms in total. The highest BCUT2D eigenvalue weighted by Gasteiger charge is 2.27. The summed E-state index contributed by atoms with van der Waals surface area (Å²) in [6.07, 6.45) is 19.5. The Labute approximate surface area is 196 Å². The third-order valence-corrected chi connectivity index (χ3v) is 6.85. The van der Waals surface area contributed by atoms with Crippen LogP contribution in [0.15, 0.2) is 30.3 Å². The molecule has 0 saturated heterocycles. The lowest BCUT2D eigenvalue weighted by molar-refractivity contribution is -0.134. The number of carbonyl (C=O) groups is 2. The van der Waals surface area contributed by atoms with E-state index < -0.39 is 0 Å². The van der Waals surface area contributed by atoms with Gasteiger partial charge in [-0.1, -0.05) is 101 Å². The maximum atomic E-state index is 12.2. The fraction of sp³-hybridized carbons (Fsp3) is 0.724. The van der Waals surface area contributed by atoms with Crippen LogP contribution in [-0.2, 0) is 20.9 Å². The summed E-state index contributed by atoms with van der Waals surface area (Å²) in [5.41, 5.74) is 1.25. The minimum absolute atomic E-state index is 0.201. The number of hydrogen-bond acceptors (Lipinski definition) is 3. The van der Waals surface area contributed by atoms with Gasteiger partial charge in [0.1, 0.15) is 11.6 Å². The van der Waals surface area contributed by atoms with E-state index in [1.807, 2.05) is 6.07 Å². The van der Waals surface area contributed by atoms with Gasteiger partial charge < -0.3 is 4.74 Å². The Balaban J connectivity index is 1.31. The third kappa shape index (κ3) is 11.9. The maximum absolute atomic E-state index is 12.2. The molecule has 0 heterocycles. The van der Waals surface area contributed by atoms with Gasteiger partial charge in [-0.05, 0) is 38.2 Å². The van der Waals surface area contributed by atoms with Gasteiger partial charge in [0, 0.05) is 12.8 Å². The highest BCUT2D eigenvalue weighted by Crippen LogP contribution is 2.23. The average Bonchev–Trinajstić information content (AvgIpc) is 2.81. The van der Waals surface area contributed by atoms with Gasteiger partial charge in [0.25, 0.3) is 0 Å². The van der Waals surface area contributed by atoms with E-state index >= 15 is 0 Å². The molecule has 0 radical (unpaired) electrons. The van der Waals surface area contributed by atoms with Crippen molar-refractivity contribution in [2.75, 3.05) is 0 Å².